The summed E-state index contributed by atoms with van der Waals surface area (Å²) in [5.74, 6) is 0. The zero-order valence-corrected chi connectivity index (χ0v) is 11.6. The normalized spacial score (nSPS) is 11.4. The third kappa shape index (κ3) is 1.53. The van der Waals surface area contributed by atoms with Crippen molar-refractivity contribution < 1.29 is 4.42 Å². The first-order valence-electron chi connectivity index (χ1n) is 6.44. The number of aryl methyl sites for hydroxylation is 2. The summed E-state index contributed by atoms with van der Waals surface area (Å²) in [4.78, 5) is 12.7. The summed E-state index contributed by atoms with van der Waals surface area (Å²) in [6.45, 7) is 8.15. The van der Waals surface area contributed by atoms with Crippen LogP contribution in [-0.4, -0.2) is 0 Å². The van der Waals surface area contributed by atoms with E-state index in [1.54, 1.807) is 0 Å². The lowest BCUT2D eigenvalue weighted by atomic mass is 9.94. The van der Waals surface area contributed by atoms with Gasteiger partial charge in [-0.2, -0.15) is 0 Å². The number of hydrogen-bond acceptors (Lipinski definition) is 2. The maximum Gasteiger partial charge on any atom is 0.200 e. The Morgan fingerprint density at radius 3 is 2.21 bits per heavy atom. The van der Waals surface area contributed by atoms with E-state index in [0.717, 1.165) is 22.1 Å². The van der Waals surface area contributed by atoms with Crippen LogP contribution in [0.2, 0.25) is 0 Å². The average Bonchev–Trinajstić information content (AvgIpc) is 2.43. The molecule has 1 aromatic heterocycles. The Morgan fingerprint density at radius 2 is 1.47 bits per heavy atom. The number of hydrogen-bond donors (Lipinski definition) is 0. The standard InChI is InChI=1S/C17H16O2/c1-9-10(2)12(4)17-15(11(9)3)16(18)13-7-5-6-8-14(13)19-17/h5-8H,1-4H3. The van der Waals surface area contributed by atoms with Crippen LogP contribution in [0, 0.1) is 27.7 Å². The third-order valence-electron chi connectivity index (χ3n) is 4.20. The number of para-hydroxylation sites is 1. The van der Waals surface area contributed by atoms with Crippen LogP contribution < -0.4 is 5.43 Å². The molecule has 0 amide bonds. The Labute approximate surface area is 111 Å². The van der Waals surface area contributed by atoms with Crippen LogP contribution in [0.1, 0.15) is 22.3 Å². The van der Waals surface area contributed by atoms with Gasteiger partial charge in [-0.05, 0) is 62.1 Å². The second-order valence-electron chi connectivity index (χ2n) is 5.13. The van der Waals surface area contributed by atoms with Gasteiger partial charge in [0.05, 0.1) is 10.8 Å². The van der Waals surface area contributed by atoms with E-state index in [2.05, 4.69) is 13.8 Å². The van der Waals surface area contributed by atoms with Crippen molar-refractivity contribution >= 4 is 21.9 Å². The highest BCUT2D eigenvalue weighted by atomic mass is 16.3. The summed E-state index contributed by atoms with van der Waals surface area (Å²) in [6.07, 6.45) is 0. The van der Waals surface area contributed by atoms with Crippen LogP contribution in [0.5, 0.6) is 0 Å². The molecule has 2 aromatic carbocycles. The van der Waals surface area contributed by atoms with E-state index in [0.29, 0.717) is 11.0 Å². The Kier molecular flexibility index (Phi) is 2.49. The molecular formula is C17H16O2. The summed E-state index contributed by atoms with van der Waals surface area (Å²) < 4.78 is 5.97. The van der Waals surface area contributed by atoms with E-state index in [-0.39, 0.29) is 5.43 Å². The first-order valence-corrected chi connectivity index (χ1v) is 6.44. The maximum absolute atomic E-state index is 12.7. The topological polar surface area (TPSA) is 30.2 Å². The highest BCUT2D eigenvalue weighted by Gasteiger charge is 2.15. The predicted molar refractivity (Wildman–Crippen MR) is 78.9 cm³/mol. The molecule has 0 fully saturated rings. The molecule has 3 aromatic rings. The molecule has 0 N–H and O–H groups in total. The van der Waals surface area contributed by atoms with E-state index in [9.17, 15) is 4.79 Å². The zero-order valence-electron chi connectivity index (χ0n) is 11.6. The Morgan fingerprint density at radius 1 is 0.842 bits per heavy atom. The molecule has 2 nitrogen and oxygen atoms in total. The molecule has 0 aliphatic carbocycles. The fourth-order valence-corrected chi connectivity index (χ4v) is 2.67. The zero-order chi connectivity index (χ0) is 13.7. The molecule has 3 rings (SSSR count). The largest absolute Gasteiger partial charge is 0.456 e. The monoisotopic (exact) mass is 252 g/mol. The fraction of sp³-hybridized carbons (Fsp3) is 0.235. The Hall–Kier alpha value is -2.09. The average molecular weight is 252 g/mol. The summed E-state index contributed by atoms with van der Waals surface area (Å²) >= 11 is 0. The van der Waals surface area contributed by atoms with Gasteiger partial charge < -0.3 is 4.42 Å². The van der Waals surface area contributed by atoms with Crippen molar-refractivity contribution in [2.75, 3.05) is 0 Å². The number of fused-ring (bicyclic) bond motifs is 2. The van der Waals surface area contributed by atoms with Crippen molar-refractivity contribution in [2.45, 2.75) is 27.7 Å². The molecule has 0 aliphatic rings. The summed E-state index contributed by atoms with van der Waals surface area (Å²) in [5, 5.41) is 1.38. The van der Waals surface area contributed by atoms with Crippen LogP contribution in [0.4, 0.5) is 0 Å². The highest BCUT2D eigenvalue weighted by Crippen LogP contribution is 2.29. The van der Waals surface area contributed by atoms with Gasteiger partial charge in [-0.3, -0.25) is 4.79 Å². The van der Waals surface area contributed by atoms with Gasteiger partial charge in [-0.15, -0.1) is 0 Å². The molecule has 0 saturated heterocycles. The lowest BCUT2D eigenvalue weighted by Gasteiger charge is -2.13. The molecule has 2 heteroatoms. The van der Waals surface area contributed by atoms with Gasteiger partial charge in [0.1, 0.15) is 11.2 Å². The molecule has 0 bridgehead atoms. The molecule has 19 heavy (non-hydrogen) atoms. The van der Waals surface area contributed by atoms with Gasteiger partial charge in [-0.25, -0.2) is 0 Å². The van der Waals surface area contributed by atoms with E-state index >= 15 is 0 Å². The second-order valence-corrected chi connectivity index (χ2v) is 5.13. The first kappa shape index (κ1) is 12.0. The summed E-state index contributed by atoms with van der Waals surface area (Å²) in [6, 6.07) is 7.43. The minimum atomic E-state index is 0.0700. The van der Waals surface area contributed by atoms with Crippen molar-refractivity contribution in [3.05, 3.63) is 56.7 Å². The van der Waals surface area contributed by atoms with Gasteiger partial charge in [0, 0.05) is 0 Å². The molecule has 0 radical (unpaired) electrons. The Balaban J connectivity index is 2.71. The quantitative estimate of drug-likeness (QED) is 0.562. The smallest absolute Gasteiger partial charge is 0.200 e. The van der Waals surface area contributed by atoms with Crippen molar-refractivity contribution in [2.24, 2.45) is 0 Å². The van der Waals surface area contributed by atoms with E-state index < -0.39 is 0 Å². The van der Waals surface area contributed by atoms with E-state index in [1.165, 1.54) is 11.1 Å². The summed E-state index contributed by atoms with van der Waals surface area (Å²) in [5.41, 5.74) is 5.91. The van der Waals surface area contributed by atoms with Crippen LogP contribution >= 0.6 is 0 Å². The van der Waals surface area contributed by atoms with Crippen molar-refractivity contribution in [1.29, 1.82) is 0 Å². The first-order chi connectivity index (χ1) is 9.02. The lowest BCUT2D eigenvalue weighted by Crippen LogP contribution is -2.07. The maximum atomic E-state index is 12.7. The van der Waals surface area contributed by atoms with Crippen molar-refractivity contribution in [3.63, 3.8) is 0 Å². The molecule has 0 spiro atoms. The van der Waals surface area contributed by atoms with Crippen molar-refractivity contribution in [1.82, 2.24) is 0 Å². The number of benzene rings is 2. The molecule has 0 unspecified atom stereocenters. The molecule has 96 valence electrons. The van der Waals surface area contributed by atoms with Crippen LogP contribution in [-0.2, 0) is 0 Å². The van der Waals surface area contributed by atoms with Crippen LogP contribution in [0.3, 0.4) is 0 Å². The minimum Gasteiger partial charge on any atom is -0.456 e. The van der Waals surface area contributed by atoms with Crippen LogP contribution in [0.15, 0.2) is 33.5 Å². The highest BCUT2D eigenvalue weighted by molar-refractivity contribution is 5.94. The SMILES string of the molecule is Cc1c(C)c(C)c2c(=O)c3ccccc3oc2c1C. The number of rotatable bonds is 0. The van der Waals surface area contributed by atoms with Gasteiger partial charge >= 0.3 is 0 Å². The van der Waals surface area contributed by atoms with Crippen molar-refractivity contribution in [3.8, 4) is 0 Å². The van der Waals surface area contributed by atoms with E-state index in [1.807, 2.05) is 38.1 Å². The molecule has 0 aliphatic heterocycles. The predicted octanol–water partition coefficient (Wildman–Crippen LogP) is 4.18. The van der Waals surface area contributed by atoms with Gasteiger partial charge in [0.15, 0.2) is 0 Å². The third-order valence-corrected chi connectivity index (χ3v) is 4.20. The van der Waals surface area contributed by atoms with E-state index in [4.69, 9.17) is 4.42 Å². The van der Waals surface area contributed by atoms with Crippen LogP contribution in [0.25, 0.3) is 21.9 Å². The fourth-order valence-electron chi connectivity index (χ4n) is 2.67. The second kappa shape index (κ2) is 3.95. The van der Waals surface area contributed by atoms with Gasteiger partial charge in [-0.1, -0.05) is 12.1 Å². The van der Waals surface area contributed by atoms with Gasteiger partial charge in [0.25, 0.3) is 0 Å². The summed E-state index contributed by atoms with van der Waals surface area (Å²) in [7, 11) is 0. The lowest BCUT2D eigenvalue weighted by molar-refractivity contribution is 0.655. The van der Waals surface area contributed by atoms with Gasteiger partial charge in [0.2, 0.25) is 5.43 Å². The molecule has 1 heterocycles. The Bertz CT molecular complexity index is 870. The minimum absolute atomic E-state index is 0.0700. The molecular weight excluding hydrogens is 236 g/mol. The molecule has 0 saturated carbocycles. The molecule has 0 atom stereocenters.